The monoisotopic (exact) mass is 464 g/mol. The lowest BCUT2D eigenvalue weighted by Gasteiger charge is -2.53. The summed E-state index contributed by atoms with van der Waals surface area (Å²) >= 11 is 0. The van der Waals surface area contributed by atoms with Gasteiger partial charge in [0.15, 0.2) is 17.3 Å². The van der Waals surface area contributed by atoms with Crippen LogP contribution < -0.4 is 0 Å². The Morgan fingerprint density at radius 2 is 1.76 bits per heavy atom. The first kappa shape index (κ1) is 22.8. The number of hydrogen-bond donors (Lipinski definition) is 1. The van der Waals surface area contributed by atoms with E-state index in [2.05, 4.69) is 0 Å². The highest BCUT2D eigenvalue weighted by Gasteiger charge is 2.88. The zero-order valence-corrected chi connectivity index (χ0v) is 19.9. The van der Waals surface area contributed by atoms with E-state index in [4.69, 9.17) is 23.7 Å². The Morgan fingerprint density at radius 3 is 2.36 bits per heavy atom. The number of ether oxygens (including phenoxy) is 5. The molecule has 3 aliphatic heterocycles. The average molecular weight is 465 g/mol. The number of allylic oxidation sites excluding steroid dienone is 1. The van der Waals surface area contributed by atoms with Gasteiger partial charge in [0.05, 0.1) is 17.8 Å². The standard InChI is InChI=1S/C24H32O9/c1-11-7-8-14(29-12(2)25)21(4)15(30-13(3)26)10-16-22(5,32-16)18(21)19(27)24-17(9-11)31-20(28)23(24,6)33-24/h9,14-19,27H,7-8,10H2,1-6H3/b11-9-/t14-,15-,16-,17-,18+,19-,21-,22-,23+,24-/m0/s1. The van der Waals surface area contributed by atoms with Crippen molar-refractivity contribution in [3.05, 3.63) is 11.6 Å². The van der Waals surface area contributed by atoms with Crippen LogP contribution in [0.15, 0.2) is 11.6 Å². The van der Waals surface area contributed by atoms with Crippen molar-refractivity contribution in [3.63, 3.8) is 0 Å². The quantitative estimate of drug-likeness (QED) is 0.281. The van der Waals surface area contributed by atoms with E-state index in [-0.39, 0.29) is 6.10 Å². The fourth-order valence-corrected chi connectivity index (χ4v) is 7.00. The normalized spacial score (nSPS) is 53.7. The van der Waals surface area contributed by atoms with Gasteiger partial charge >= 0.3 is 17.9 Å². The third-order valence-electron chi connectivity index (χ3n) is 8.81. The number of aliphatic hydroxyl groups is 1. The Hall–Kier alpha value is -1.97. The van der Waals surface area contributed by atoms with E-state index in [1.54, 1.807) is 6.92 Å². The summed E-state index contributed by atoms with van der Waals surface area (Å²) in [5, 5.41) is 12.1. The summed E-state index contributed by atoms with van der Waals surface area (Å²) in [7, 11) is 0. The number of hydrogen-bond acceptors (Lipinski definition) is 9. The number of carbonyl (C=O) groups is 3. The minimum absolute atomic E-state index is 0.245. The van der Waals surface area contributed by atoms with Crippen molar-refractivity contribution >= 4 is 17.9 Å². The SMILES string of the molecule is CC(=O)O[C@H]1CC/C(C)=C\[C@@H]2OC(=O)[C@@]3(C)O[C@]23[C@@H](O)[C@H]2[C@@]3(C)O[C@H]3C[C@H](OC(C)=O)[C@]12C. The van der Waals surface area contributed by atoms with Gasteiger partial charge in [0.25, 0.3) is 0 Å². The van der Waals surface area contributed by atoms with Gasteiger partial charge in [0, 0.05) is 31.6 Å². The first-order valence-electron chi connectivity index (χ1n) is 11.6. The molecule has 0 radical (unpaired) electrons. The van der Waals surface area contributed by atoms with E-state index in [0.29, 0.717) is 19.3 Å². The summed E-state index contributed by atoms with van der Waals surface area (Å²) in [5.41, 5.74) is -3.44. The van der Waals surface area contributed by atoms with Crippen LogP contribution in [0, 0.1) is 11.3 Å². The van der Waals surface area contributed by atoms with Gasteiger partial charge < -0.3 is 28.8 Å². The molecule has 10 atom stereocenters. The lowest BCUT2D eigenvalue weighted by Crippen LogP contribution is -2.65. The maximum atomic E-state index is 12.7. The molecule has 0 amide bonds. The molecular formula is C24H32O9. The molecule has 33 heavy (non-hydrogen) atoms. The predicted molar refractivity (Wildman–Crippen MR) is 112 cm³/mol. The van der Waals surface area contributed by atoms with E-state index in [1.807, 2.05) is 26.8 Å². The molecule has 0 aromatic heterocycles. The van der Waals surface area contributed by atoms with Crippen LogP contribution in [0.3, 0.4) is 0 Å². The highest BCUT2D eigenvalue weighted by Crippen LogP contribution is 2.68. The first-order chi connectivity index (χ1) is 15.3. The van der Waals surface area contributed by atoms with Crippen LogP contribution in [0.1, 0.15) is 60.8 Å². The van der Waals surface area contributed by atoms with Gasteiger partial charge in [-0.15, -0.1) is 0 Å². The van der Waals surface area contributed by atoms with E-state index in [1.165, 1.54) is 13.8 Å². The molecule has 1 N–H and O–H groups in total. The summed E-state index contributed by atoms with van der Waals surface area (Å²) in [6, 6.07) is 0. The Labute approximate surface area is 192 Å². The molecule has 1 spiro atoms. The minimum Gasteiger partial charge on any atom is -0.462 e. The molecular weight excluding hydrogens is 432 g/mol. The zero-order chi connectivity index (χ0) is 24.1. The molecule has 3 saturated heterocycles. The summed E-state index contributed by atoms with van der Waals surface area (Å²) in [6.07, 6.45) is -0.283. The van der Waals surface area contributed by atoms with Crippen LogP contribution in [0.4, 0.5) is 0 Å². The van der Waals surface area contributed by atoms with Crippen molar-refractivity contribution in [2.75, 3.05) is 0 Å². The highest BCUT2D eigenvalue weighted by atomic mass is 16.7. The van der Waals surface area contributed by atoms with Gasteiger partial charge in [-0.25, -0.2) is 4.79 Å². The number of carbonyl (C=O) groups excluding carboxylic acids is 3. The fourth-order valence-electron chi connectivity index (χ4n) is 7.00. The summed E-state index contributed by atoms with van der Waals surface area (Å²) in [4.78, 5) is 37.0. The molecule has 1 saturated carbocycles. The van der Waals surface area contributed by atoms with Crippen molar-refractivity contribution in [2.45, 2.75) is 108 Å². The first-order valence-corrected chi connectivity index (χ1v) is 11.6. The lowest BCUT2D eigenvalue weighted by molar-refractivity contribution is -0.205. The number of fused-ring (bicyclic) bond motifs is 3. The molecule has 0 unspecified atom stereocenters. The largest absolute Gasteiger partial charge is 0.462 e. The molecule has 182 valence electrons. The maximum absolute atomic E-state index is 12.7. The molecule has 2 aliphatic carbocycles. The fraction of sp³-hybridized carbons (Fsp3) is 0.792. The number of esters is 3. The summed E-state index contributed by atoms with van der Waals surface area (Å²) in [5.74, 6) is -2.10. The summed E-state index contributed by atoms with van der Waals surface area (Å²) in [6.45, 7) is 10.0. The molecule has 0 aromatic carbocycles. The van der Waals surface area contributed by atoms with Gasteiger partial charge in [-0.2, -0.15) is 0 Å². The molecule has 9 nitrogen and oxygen atoms in total. The van der Waals surface area contributed by atoms with Crippen molar-refractivity contribution in [3.8, 4) is 0 Å². The average Bonchev–Trinajstić information content (AvgIpc) is 3.53. The molecule has 5 rings (SSSR count). The van der Waals surface area contributed by atoms with Gasteiger partial charge in [-0.1, -0.05) is 12.5 Å². The van der Waals surface area contributed by atoms with Crippen LogP contribution >= 0.6 is 0 Å². The minimum atomic E-state index is -1.30. The Bertz CT molecular complexity index is 960. The smallest absolute Gasteiger partial charge is 0.342 e. The maximum Gasteiger partial charge on any atom is 0.342 e. The number of aliphatic hydroxyl groups excluding tert-OH is 1. The van der Waals surface area contributed by atoms with Gasteiger partial charge in [0.2, 0.25) is 0 Å². The molecule has 3 heterocycles. The number of rotatable bonds is 2. The zero-order valence-electron chi connectivity index (χ0n) is 19.9. The molecule has 4 fully saturated rings. The highest BCUT2D eigenvalue weighted by molar-refractivity contribution is 5.89. The molecule has 5 aliphatic rings. The van der Waals surface area contributed by atoms with Crippen LogP contribution in [0.2, 0.25) is 0 Å². The van der Waals surface area contributed by atoms with Crippen LogP contribution in [-0.2, 0) is 38.1 Å². The molecule has 0 aromatic rings. The third kappa shape index (κ3) is 2.85. The third-order valence-corrected chi connectivity index (χ3v) is 8.81. The van der Waals surface area contributed by atoms with Crippen LogP contribution in [0.25, 0.3) is 0 Å². The lowest BCUT2D eigenvalue weighted by atomic mass is 9.54. The second-order valence-corrected chi connectivity index (χ2v) is 10.8. The van der Waals surface area contributed by atoms with E-state index in [9.17, 15) is 19.5 Å². The van der Waals surface area contributed by atoms with E-state index >= 15 is 0 Å². The van der Waals surface area contributed by atoms with Crippen LogP contribution in [-0.4, -0.2) is 70.3 Å². The Kier molecular flexibility index (Phi) is 4.70. The molecule has 0 bridgehead atoms. The van der Waals surface area contributed by atoms with Crippen molar-refractivity contribution in [1.29, 1.82) is 0 Å². The van der Waals surface area contributed by atoms with Crippen molar-refractivity contribution in [1.82, 2.24) is 0 Å². The predicted octanol–water partition coefficient (Wildman–Crippen LogP) is 1.59. The van der Waals surface area contributed by atoms with Gasteiger partial charge in [0.1, 0.15) is 12.2 Å². The topological polar surface area (TPSA) is 124 Å². The Morgan fingerprint density at radius 1 is 1.12 bits per heavy atom. The van der Waals surface area contributed by atoms with Crippen LogP contribution in [0.5, 0.6) is 0 Å². The summed E-state index contributed by atoms with van der Waals surface area (Å²) < 4.78 is 29.4. The number of epoxide rings is 2. The Balaban J connectivity index is 1.69. The van der Waals surface area contributed by atoms with Crippen molar-refractivity contribution in [2.24, 2.45) is 11.3 Å². The van der Waals surface area contributed by atoms with E-state index in [0.717, 1.165) is 5.57 Å². The van der Waals surface area contributed by atoms with Gasteiger partial charge in [-0.05, 0) is 39.7 Å². The van der Waals surface area contributed by atoms with Gasteiger partial charge in [-0.3, -0.25) is 9.59 Å². The second kappa shape index (κ2) is 6.79. The van der Waals surface area contributed by atoms with E-state index < -0.39 is 70.5 Å². The van der Waals surface area contributed by atoms with Crippen molar-refractivity contribution < 1.29 is 43.2 Å². The second-order valence-electron chi connectivity index (χ2n) is 10.8. The molecule has 9 heteroatoms.